The maximum atomic E-state index is 10.3. The number of carbonyl (C=O) groups is 2. The topological polar surface area (TPSA) is 122 Å². The Morgan fingerprint density at radius 3 is 2.33 bits per heavy atom. The van der Waals surface area contributed by atoms with Crippen molar-refractivity contribution >= 4 is 48.1 Å². The fourth-order valence-corrected chi connectivity index (χ4v) is 0.700. The van der Waals surface area contributed by atoms with Crippen LogP contribution in [0, 0.1) is 0 Å². The Morgan fingerprint density at radius 1 is 1.80 bits per heavy atom. The summed E-state index contributed by atoms with van der Waals surface area (Å²) in [5, 5.41) is 12.4. The number of hydrogen-bond acceptors (Lipinski definition) is 6. The number of carboxylic acid groups (broad SMARTS) is 1. The van der Waals surface area contributed by atoms with Crippen molar-refractivity contribution in [1.82, 2.24) is 5.01 Å². The van der Waals surface area contributed by atoms with E-state index in [9.17, 15) is 9.59 Å². The third kappa shape index (κ3) is 4.72. The minimum absolute atomic E-state index is 0.00231. The van der Waals surface area contributed by atoms with Gasteiger partial charge in [-0.05, 0) is 12.2 Å². The number of thiol groups is 1. The maximum Gasteiger partial charge on any atom is 0.321 e. The average molecular weight is 250 g/mol. The molecule has 1 atom stereocenters. The second-order valence-electron chi connectivity index (χ2n) is 2.36. The fraction of sp³-hybridized carbons (Fsp3) is 0.333. The molecule has 7 nitrogen and oxygen atoms in total. The normalized spacial score (nSPS) is 14.8. The third-order valence-corrected chi connectivity index (χ3v) is 1.78. The monoisotopic (exact) mass is 250 g/mol. The second kappa shape index (κ2) is 6.32. The van der Waals surface area contributed by atoms with Crippen molar-refractivity contribution in [1.29, 1.82) is 0 Å². The molecule has 0 aliphatic carbocycles. The molecule has 1 aliphatic rings. The Balaban J connectivity index is 0.000000265. The van der Waals surface area contributed by atoms with Crippen LogP contribution < -0.4 is 11.5 Å². The van der Waals surface area contributed by atoms with Gasteiger partial charge in [0.15, 0.2) is 5.11 Å². The van der Waals surface area contributed by atoms with Gasteiger partial charge in [-0.25, -0.2) is 0 Å². The summed E-state index contributed by atoms with van der Waals surface area (Å²) in [5.74, 6) is -1.07. The number of nitrogens with zero attached hydrogens (tertiary/aromatic N) is 2. The largest absolute Gasteiger partial charge is 0.480 e. The van der Waals surface area contributed by atoms with Gasteiger partial charge in [0.1, 0.15) is 12.3 Å². The van der Waals surface area contributed by atoms with Crippen LogP contribution in [0.25, 0.3) is 0 Å². The number of aliphatic carboxylic acids is 1. The lowest BCUT2D eigenvalue weighted by Gasteiger charge is -2.17. The van der Waals surface area contributed by atoms with Crippen LogP contribution in [0.5, 0.6) is 0 Å². The molecule has 0 radical (unpaired) electrons. The van der Waals surface area contributed by atoms with Gasteiger partial charge in [-0.1, -0.05) is 0 Å². The van der Waals surface area contributed by atoms with Crippen LogP contribution in [0.3, 0.4) is 0 Å². The highest BCUT2D eigenvalue weighted by atomic mass is 32.1. The van der Waals surface area contributed by atoms with E-state index < -0.39 is 12.0 Å². The van der Waals surface area contributed by atoms with Crippen molar-refractivity contribution in [2.45, 2.75) is 6.04 Å². The molecule has 15 heavy (non-hydrogen) atoms. The van der Waals surface area contributed by atoms with Gasteiger partial charge in [0.2, 0.25) is 0 Å². The first-order chi connectivity index (χ1) is 6.90. The van der Waals surface area contributed by atoms with E-state index in [4.69, 9.17) is 16.6 Å². The van der Waals surface area contributed by atoms with Gasteiger partial charge >= 0.3 is 5.97 Å². The summed E-state index contributed by atoms with van der Waals surface area (Å²) in [7, 11) is 0. The van der Waals surface area contributed by atoms with Gasteiger partial charge in [0, 0.05) is 5.75 Å². The molecule has 84 valence electrons. The zero-order chi connectivity index (χ0) is 12.0. The molecule has 0 saturated carbocycles. The lowest BCUT2D eigenvalue weighted by Crippen LogP contribution is -2.43. The molecule has 0 spiro atoms. The van der Waals surface area contributed by atoms with E-state index in [1.807, 2.05) is 0 Å². The van der Waals surface area contributed by atoms with Crippen LogP contribution in [0.1, 0.15) is 0 Å². The Bertz CT molecular complexity index is 307. The van der Waals surface area contributed by atoms with Gasteiger partial charge in [0.05, 0.1) is 0 Å². The van der Waals surface area contributed by atoms with Gasteiger partial charge in [0.25, 0.3) is 5.91 Å². The van der Waals surface area contributed by atoms with Gasteiger partial charge in [-0.3, -0.25) is 9.59 Å². The van der Waals surface area contributed by atoms with E-state index in [0.717, 1.165) is 11.2 Å². The molecule has 9 heteroatoms. The van der Waals surface area contributed by atoms with Crippen molar-refractivity contribution in [3.63, 3.8) is 0 Å². The first kappa shape index (κ1) is 13.8. The summed E-state index contributed by atoms with van der Waals surface area (Å²) in [6.45, 7) is 0. The van der Waals surface area contributed by atoms with Crippen LogP contribution >= 0.6 is 24.8 Å². The number of carbonyl (C=O) groups excluding carboxylic acids is 1. The molecular formula is C6H10N4O3S2. The van der Waals surface area contributed by atoms with E-state index in [0.29, 0.717) is 0 Å². The first-order valence-electron chi connectivity index (χ1n) is 3.67. The predicted molar refractivity (Wildman–Crippen MR) is 61.6 cm³/mol. The Labute approximate surface area is 96.5 Å². The highest BCUT2D eigenvalue weighted by Crippen LogP contribution is 1.96. The van der Waals surface area contributed by atoms with Gasteiger partial charge < -0.3 is 16.6 Å². The quantitative estimate of drug-likeness (QED) is 0.345. The SMILES string of the molecule is NC(=S)N1N=CC1=O.N[C@@H](CS)C(=O)O. The standard InChI is InChI=1S/C3H3N3OS.C3H7NO2S/c4-3(8)6-2(7)1-5-6;4-2(1-7)3(5)6/h1H,(H2,4,8);2,7H,1,4H2,(H,5,6)/t;2-/m.0/s1. The van der Waals surface area contributed by atoms with E-state index >= 15 is 0 Å². The summed E-state index contributed by atoms with van der Waals surface area (Å²) in [6, 6.07) is -0.816. The molecule has 0 fully saturated rings. The third-order valence-electron chi connectivity index (χ3n) is 1.22. The summed E-state index contributed by atoms with van der Waals surface area (Å²) >= 11 is 8.06. The molecule has 0 bridgehead atoms. The fourth-order valence-electron chi connectivity index (χ4n) is 0.406. The van der Waals surface area contributed by atoms with Crippen molar-refractivity contribution < 1.29 is 14.7 Å². The number of hydrazone groups is 1. The van der Waals surface area contributed by atoms with Gasteiger partial charge in [-0.15, -0.1) is 0 Å². The van der Waals surface area contributed by atoms with Crippen LogP contribution in [-0.4, -0.2) is 45.1 Å². The average Bonchev–Trinajstić information content (AvgIpc) is 2.14. The number of carboxylic acids is 1. The molecule has 0 saturated heterocycles. The minimum Gasteiger partial charge on any atom is -0.480 e. The van der Waals surface area contributed by atoms with E-state index in [1.54, 1.807) is 0 Å². The number of thiocarbonyl (C=S) groups is 1. The van der Waals surface area contributed by atoms with Crippen LogP contribution in [0.4, 0.5) is 0 Å². The predicted octanol–water partition coefficient (Wildman–Crippen LogP) is -1.61. The highest BCUT2D eigenvalue weighted by Gasteiger charge is 2.19. The number of hydrogen-bond donors (Lipinski definition) is 4. The van der Waals surface area contributed by atoms with Crippen LogP contribution in [-0.2, 0) is 9.59 Å². The molecule has 0 unspecified atom stereocenters. The van der Waals surface area contributed by atoms with Crippen LogP contribution in [0.2, 0.25) is 0 Å². The van der Waals surface area contributed by atoms with Gasteiger partial charge in [-0.2, -0.15) is 22.7 Å². The zero-order valence-corrected chi connectivity index (χ0v) is 9.24. The summed E-state index contributed by atoms with van der Waals surface area (Å²) in [6.07, 6.45) is 1.15. The molecular weight excluding hydrogens is 240 g/mol. The molecule has 0 aromatic heterocycles. The van der Waals surface area contributed by atoms with Crippen molar-refractivity contribution in [3.05, 3.63) is 0 Å². The molecule has 1 rings (SSSR count). The van der Waals surface area contributed by atoms with E-state index in [2.05, 4.69) is 29.9 Å². The Morgan fingerprint density at radius 2 is 2.33 bits per heavy atom. The highest BCUT2D eigenvalue weighted by molar-refractivity contribution is 7.80. The molecule has 1 aliphatic heterocycles. The zero-order valence-electron chi connectivity index (χ0n) is 7.53. The lowest BCUT2D eigenvalue weighted by atomic mass is 10.4. The summed E-state index contributed by atoms with van der Waals surface area (Å²) < 4.78 is 0. The number of nitrogens with two attached hydrogens (primary N) is 2. The van der Waals surface area contributed by atoms with E-state index in [-0.39, 0.29) is 16.8 Å². The molecule has 1 amide bonds. The Kier molecular flexibility index (Phi) is 5.82. The summed E-state index contributed by atoms with van der Waals surface area (Å²) in [5.41, 5.74) is 9.95. The minimum atomic E-state index is -1.00. The Hall–Kier alpha value is -1.19. The van der Waals surface area contributed by atoms with Crippen molar-refractivity contribution in [2.24, 2.45) is 16.6 Å². The molecule has 0 aromatic rings. The van der Waals surface area contributed by atoms with Crippen molar-refractivity contribution in [3.8, 4) is 0 Å². The maximum absolute atomic E-state index is 10.3. The lowest BCUT2D eigenvalue weighted by molar-refractivity contribution is -0.137. The molecule has 5 N–H and O–H groups in total. The van der Waals surface area contributed by atoms with E-state index in [1.165, 1.54) is 0 Å². The summed E-state index contributed by atoms with van der Waals surface area (Å²) in [4.78, 5) is 20.0. The first-order valence-corrected chi connectivity index (χ1v) is 4.71. The second-order valence-corrected chi connectivity index (χ2v) is 3.14. The smallest absolute Gasteiger partial charge is 0.321 e. The molecule has 1 heterocycles. The van der Waals surface area contributed by atoms with Crippen LogP contribution in [0.15, 0.2) is 5.10 Å². The number of rotatable bonds is 2. The number of amides is 1. The van der Waals surface area contributed by atoms with Crippen molar-refractivity contribution in [2.75, 3.05) is 5.75 Å². The molecule has 0 aromatic carbocycles.